The molecule has 0 amide bonds. The molecule has 0 aromatic heterocycles. The van der Waals surface area contributed by atoms with E-state index in [4.69, 9.17) is 16.3 Å². The SMILES string of the molecule is Cc1c(B(O)O)ccc(Cl)c1OCc1ccccc1. The monoisotopic (exact) mass is 276 g/mol. The second-order valence-corrected chi connectivity index (χ2v) is 4.65. The molecule has 5 heteroatoms. The Morgan fingerprint density at radius 2 is 1.79 bits per heavy atom. The van der Waals surface area contributed by atoms with Gasteiger partial charge in [0.25, 0.3) is 0 Å². The van der Waals surface area contributed by atoms with Crippen LogP contribution in [0.25, 0.3) is 0 Å². The number of ether oxygens (including phenoxy) is 1. The summed E-state index contributed by atoms with van der Waals surface area (Å²) in [4.78, 5) is 0. The summed E-state index contributed by atoms with van der Waals surface area (Å²) in [6.45, 7) is 2.13. The van der Waals surface area contributed by atoms with Gasteiger partial charge in [-0.05, 0) is 29.6 Å². The van der Waals surface area contributed by atoms with E-state index in [1.807, 2.05) is 30.3 Å². The van der Waals surface area contributed by atoms with E-state index in [1.165, 1.54) is 0 Å². The molecule has 2 rings (SSSR count). The zero-order valence-electron chi connectivity index (χ0n) is 10.5. The summed E-state index contributed by atoms with van der Waals surface area (Å²) in [7, 11) is -1.53. The predicted molar refractivity (Wildman–Crippen MR) is 76.8 cm³/mol. The molecule has 0 aliphatic carbocycles. The quantitative estimate of drug-likeness (QED) is 0.839. The topological polar surface area (TPSA) is 49.7 Å². The Bertz CT molecular complexity index is 558. The molecule has 0 saturated carbocycles. The van der Waals surface area contributed by atoms with Crippen LogP contribution >= 0.6 is 11.6 Å². The minimum atomic E-state index is -1.53. The number of hydrogen-bond donors (Lipinski definition) is 2. The fourth-order valence-electron chi connectivity index (χ4n) is 1.86. The third-order valence-corrected chi connectivity index (χ3v) is 3.20. The molecule has 0 aliphatic rings. The van der Waals surface area contributed by atoms with E-state index in [2.05, 4.69) is 0 Å². The fourth-order valence-corrected chi connectivity index (χ4v) is 2.12. The van der Waals surface area contributed by atoms with Crippen molar-refractivity contribution in [2.75, 3.05) is 0 Å². The average Bonchev–Trinajstić information content (AvgIpc) is 2.39. The van der Waals surface area contributed by atoms with Crippen molar-refractivity contribution >= 4 is 24.2 Å². The summed E-state index contributed by atoms with van der Waals surface area (Å²) in [5.74, 6) is 0.483. The van der Waals surface area contributed by atoms with Crippen LogP contribution in [-0.2, 0) is 6.61 Å². The van der Waals surface area contributed by atoms with Crippen molar-refractivity contribution in [3.8, 4) is 5.75 Å². The maximum Gasteiger partial charge on any atom is 0.488 e. The third kappa shape index (κ3) is 3.29. The zero-order valence-corrected chi connectivity index (χ0v) is 11.3. The molecule has 2 aromatic rings. The summed E-state index contributed by atoms with van der Waals surface area (Å²) >= 11 is 6.08. The first-order chi connectivity index (χ1) is 9.09. The van der Waals surface area contributed by atoms with Gasteiger partial charge in [-0.3, -0.25) is 0 Å². The molecule has 0 saturated heterocycles. The van der Waals surface area contributed by atoms with Gasteiger partial charge < -0.3 is 14.8 Å². The largest absolute Gasteiger partial charge is 0.488 e. The lowest BCUT2D eigenvalue weighted by Crippen LogP contribution is -2.32. The molecule has 0 radical (unpaired) electrons. The average molecular weight is 277 g/mol. The van der Waals surface area contributed by atoms with Crippen LogP contribution in [0.15, 0.2) is 42.5 Å². The molecule has 0 fully saturated rings. The summed E-state index contributed by atoms with van der Waals surface area (Å²) < 4.78 is 5.69. The van der Waals surface area contributed by atoms with Gasteiger partial charge in [0.2, 0.25) is 0 Å². The Morgan fingerprint density at radius 3 is 2.42 bits per heavy atom. The molecule has 98 valence electrons. The Labute approximate surface area is 117 Å². The van der Waals surface area contributed by atoms with Crippen LogP contribution in [0, 0.1) is 6.92 Å². The summed E-state index contributed by atoms with van der Waals surface area (Å²) in [6.07, 6.45) is 0. The van der Waals surface area contributed by atoms with Gasteiger partial charge in [-0.15, -0.1) is 0 Å². The molecule has 19 heavy (non-hydrogen) atoms. The lowest BCUT2D eigenvalue weighted by molar-refractivity contribution is 0.304. The highest BCUT2D eigenvalue weighted by Gasteiger charge is 2.18. The molecular weight excluding hydrogens is 262 g/mol. The van der Waals surface area contributed by atoms with Gasteiger partial charge >= 0.3 is 7.12 Å². The molecule has 3 nitrogen and oxygen atoms in total. The maximum atomic E-state index is 9.26. The lowest BCUT2D eigenvalue weighted by atomic mass is 9.77. The normalized spacial score (nSPS) is 10.3. The van der Waals surface area contributed by atoms with Crippen LogP contribution in [0.4, 0.5) is 0 Å². The minimum absolute atomic E-state index is 0.381. The van der Waals surface area contributed by atoms with Crippen LogP contribution in [0.5, 0.6) is 5.75 Å². The van der Waals surface area contributed by atoms with Crippen LogP contribution in [0.2, 0.25) is 5.02 Å². The second-order valence-electron chi connectivity index (χ2n) is 4.24. The Morgan fingerprint density at radius 1 is 1.11 bits per heavy atom. The number of benzene rings is 2. The smallest absolute Gasteiger partial charge is 0.487 e. The molecule has 0 unspecified atom stereocenters. The first kappa shape index (κ1) is 13.9. The highest BCUT2D eigenvalue weighted by atomic mass is 35.5. The molecule has 0 heterocycles. The molecule has 2 aromatic carbocycles. The van der Waals surface area contributed by atoms with E-state index < -0.39 is 7.12 Å². The van der Waals surface area contributed by atoms with Crippen LogP contribution < -0.4 is 10.2 Å². The predicted octanol–water partition coefficient (Wildman–Crippen LogP) is 1.91. The van der Waals surface area contributed by atoms with Gasteiger partial charge in [-0.25, -0.2) is 0 Å². The second kappa shape index (κ2) is 6.11. The molecule has 0 aliphatic heterocycles. The Kier molecular flexibility index (Phi) is 4.48. The van der Waals surface area contributed by atoms with E-state index >= 15 is 0 Å². The van der Waals surface area contributed by atoms with E-state index in [1.54, 1.807) is 19.1 Å². The fraction of sp³-hybridized carbons (Fsp3) is 0.143. The van der Waals surface area contributed by atoms with Crippen LogP contribution in [0.1, 0.15) is 11.1 Å². The van der Waals surface area contributed by atoms with Gasteiger partial charge in [0.05, 0.1) is 5.02 Å². The van der Waals surface area contributed by atoms with Crippen LogP contribution in [0.3, 0.4) is 0 Å². The van der Waals surface area contributed by atoms with Gasteiger partial charge in [-0.2, -0.15) is 0 Å². The van der Waals surface area contributed by atoms with Crippen molar-refractivity contribution in [1.29, 1.82) is 0 Å². The van der Waals surface area contributed by atoms with Crippen molar-refractivity contribution < 1.29 is 14.8 Å². The van der Waals surface area contributed by atoms with Crippen molar-refractivity contribution in [3.63, 3.8) is 0 Å². The van der Waals surface area contributed by atoms with Crippen molar-refractivity contribution in [3.05, 3.63) is 58.6 Å². The molecular formula is C14H14BClO3. The highest BCUT2D eigenvalue weighted by molar-refractivity contribution is 6.59. The standard InChI is InChI=1S/C14H14BClO3/c1-10-12(15(17)18)7-8-13(16)14(10)19-9-11-5-3-2-4-6-11/h2-8,17-18H,9H2,1H3. The number of halogens is 1. The maximum absolute atomic E-state index is 9.26. The summed E-state index contributed by atoms with van der Waals surface area (Å²) in [5.41, 5.74) is 2.05. The van der Waals surface area contributed by atoms with Gasteiger partial charge in [0.15, 0.2) is 0 Å². The molecule has 0 spiro atoms. The number of hydrogen-bond acceptors (Lipinski definition) is 3. The molecule has 0 bridgehead atoms. The van der Waals surface area contributed by atoms with Gasteiger partial charge in [-0.1, -0.05) is 48.0 Å². The van der Waals surface area contributed by atoms with E-state index in [0.717, 1.165) is 5.56 Å². The molecule has 0 atom stereocenters. The van der Waals surface area contributed by atoms with E-state index in [-0.39, 0.29) is 0 Å². The zero-order chi connectivity index (χ0) is 13.8. The van der Waals surface area contributed by atoms with Gasteiger partial charge in [0.1, 0.15) is 12.4 Å². The first-order valence-electron chi connectivity index (χ1n) is 5.91. The first-order valence-corrected chi connectivity index (χ1v) is 6.29. The van der Waals surface area contributed by atoms with Gasteiger partial charge in [0, 0.05) is 0 Å². The Balaban J connectivity index is 2.22. The molecule has 2 N–H and O–H groups in total. The van der Waals surface area contributed by atoms with Crippen molar-refractivity contribution in [1.82, 2.24) is 0 Å². The Hall–Kier alpha value is -1.49. The van der Waals surface area contributed by atoms with Crippen molar-refractivity contribution in [2.24, 2.45) is 0 Å². The lowest BCUT2D eigenvalue weighted by Gasteiger charge is -2.14. The minimum Gasteiger partial charge on any atom is -0.487 e. The van der Waals surface area contributed by atoms with Crippen molar-refractivity contribution in [2.45, 2.75) is 13.5 Å². The highest BCUT2D eigenvalue weighted by Crippen LogP contribution is 2.27. The summed E-state index contributed by atoms with van der Waals surface area (Å²) in [5, 5.41) is 19.0. The van der Waals surface area contributed by atoms with E-state index in [0.29, 0.717) is 28.4 Å². The number of rotatable bonds is 4. The van der Waals surface area contributed by atoms with E-state index in [9.17, 15) is 10.0 Å². The summed E-state index contributed by atoms with van der Waals surface area (Å²) in [6, 6.07) is 12.9. The third-order valence-electron chi connectivity index (χ3n) is 2.90. The van der Waals surface area contributed by atoms with Crippen LogP contribution in [-0.4, -0.2) is 17.2 Å².